The molecule has 0 aliphatic heterocycles. The van der Waals surface area contributed by atoms with Crippen molar-refractivity contribution in [3.63, 3.8) is 0 Å². The van der Waals surface area contributed by atoms with Gasteiger partial charge in [-0.05, 0) is 45.2 Å². The molecule has 0 saturated heterocycles. The molecule has 1 fully saturated rings. The summed E-state index contributed by atoms with van der Waals surface area (Å²) in [6, 6.07) is 7.67. The van der Waals surface area contributed by atoms with Crippen molar-refractivity contribution in [3.05, 3.63) is 30.1 Å². The number of ketones is 1. The van der Waals surface area contributed by atoms with Crippen LogP contribution < -0.4 is 5.32 Å². The van der Waals surface area contributed by atoms with E-state index in [1.807, 2.05) is 35.8 Å². The van der Waals surface area contributed by atoms with Gasteiger partial charge in [0.05, 0.1) is 17.1 Å². The van der Waals surface area contributed by atoms with Crippen molar-refractivity contribution in [2.45, 2.75) is 45.6 Å². The number of nitrogens with one attached hydrogen (secondary N) is 1. The van der Waals surface area contributed by atoms with Gasteiger partial charge in [-0.25, -0.2) is 4.98 Å². The second-order valence-corrected chi connectivity index (χ2v) is 6.34. The molecule has 1 saturated carbocycles. The Bertz CT molecular complexity index is 731. The molecule has 0 spiro atoms. The van der Waals surface area contributed by atoms with E-state index < -0.39 is 0 Å². The SMILES string of the molecule is CC(=O)C(C)n1c(CCCNC(=O)C2CC2)nc2ccccc21. The molecule has 1 heterocycles. The lowest BCUT2D eigenvalue weighted by molar-refractivity contribution is -0.122. The van der Waals surface area contributed by atoms with Gasteiger partial charge in [0, 0.05) is 18.9 Å². The number of nitrogens with zero attached hydrogens (tertiary/aromatic N) is 2. The zero-order chi connectivity index (χ0) is 16.4. The van der Waals surface area contributed by atoms with Gasteiger partial charge in [0.15, 0.2) is 5.78 Å². The summed E-state index contributed by atoms with van der Waals surface area (Å²) in [4.78, 5) is 28.2. The van der Waals surface area contributed by atoms with E-state index in [9.17, 15) is 9.59 Å². The maximum atomic E-state index is 11.8. The topological polar surface area (TPSA) is 64.0 Å². The third kappa shape index (κ3) is 3.44. The van der Waals surface area contributed by atoms with Crippen LogP contribution >= 0.6 is 0 Å². The highest BCUT2D eigenvalue weighted by Gasteiger charge is 2.29. The maximum absolute atomic E-state index is 11.8. The van der Waals surface area contributed by atoms with Gasteiger partial charge in [-0.2, -0.15) is 0 Å². The van der Waals surface area contributed by atoms with Crippen molar-refractivity contribution >= 4 is 22.7 Å². The molecular weight excluding hydrogens is 290 g/mol. The number of carbonyl (C=O) groups excluding carboxylic acids is 2. The first kappa shape index (κ1) is 15.7. The van der Waals surface area contributed by atoms with E-state index in [0.717, 1.165) is 42.5 Å². The van der Waals surface area contributed by atoms with Crippen molar-refractivity contribution < 1.29 is 9.59 Å². The van der Waals surface area contributed by atoms with Crippen LogP contribution in [0.15, 0.2) is 24.3 Å². The first-order chi connectivity index (χ1) is 11.1. The van der Waals surface area contributed by atoms with Crippen LogP contribution in [0.25, 0.3) is 11.0 Å². The number of carbonyl (C=O) groups is 2. The fourth-order valence-corrected chi connectivity index (χ4v) is 2.83. The molecule has 122 valence electrons. The Morgan fingerprint density at radius 3 is 2.78 bits per heavy atom. The molecule has 23 heavy (non-hydrogen) atoms. The van der Waals surface area contributed by atoms with Crippen molar-refractivity contribution in [2.75, 3.05) is 6.54 Å². The van der Waals surface area contributed by atoms with Crippen LogP contribution in [0.4, 0.5) is 0 Å². The highest BCUT2D eigenvalue weighted by molar-refractivity contribution is 5.84. The summed E-state index contributed by atoms with van der Waals surface area (Å²) in [5.41, 5.74) is 1.91. The molecule has 1 aromatic carbocycles. The highest BCUT2D eigenvalue weighted by atomic mass is 16.2. The first-order valence-electron chi connectivity index (χ1n) is 8.32. The molecule has 1 aliphatic rings. The van der Waals surface area contributed by atoms with Crippen molar-refractivity contribution in [1.82, 2.24) is 14.9 Å². The molecule has 0 bridgehead atoms. The van der Waals surface area contributed by atoms with E-state index in [4.69, 9.17) is 0 Å². The largest absolute Gasteiger partial charge is 0.356 e. The summed E-state index contributed by atoms with van der Waals surface area (Å²) in [5.74, 6) is 1.46. The van der Waals surface area contributed by atoms with Gasteiger partial charge in [-0.1, -0.05) is 12.1 Å². The molecular formula is C18H23N3O2. The Kier molecular flexibility index (Phi) is 4.46. The first-order valence-corrected chi connectivity index (χ1v) is 8.32. The minimum atomic E-state index is -0.224. The standard InChI is InChI=1S/C18H23N3O2/c1-12(13(2)22)21-16-7-4-3-6-15(16)20-17(21)8-5-11-19-18(23)14-9-10-14/h3-4,6-7,12,14H,5,8-11H2,1-2H3,(H,19,23). The second kappa shape index (κ2) is 6.52. The molecule has 1 aliphatic carbocycles. The summed E-state index contributed by atoms with van der Waals surface area (Å²) in [6.07, 6.45) is 3.62. The Morgan fingerprint density at radius 2 is 2.09 bits per heavy atom. The van der Waals surface area contributed by atoms with Crippen LogP contribution in [0.3, 0.4) is 0 Å². The average Bonchev–Trinajstić information content (AvgIpc) is 3.32. The van der Waals surface area contributed by atoms with E-state index in [-0.39, 0.29) is 23.7 Å². The van der Waals surface area contributed by atoms with Crippen molar-refractivity contribution in [2.24, 2.45) is 5.92 Å². The van der Waals surface area contributed by atoms with Crippen molar-refractivity contribution in [3.8, 4) is 0 Å². The summed E-state index contributed by atoms with van der Waals surface area (Å²) in [6.45, 7) is 4.18. The third-order valence-electron chi connectivity index (χ3n) is 4.47. The quantitative estimate of drug-likeness (QED) is 0.799. The summed E-state index contributed by atoms with van der Waals surface area (Å²) >= 11 is 0. The smallest absolute Gasteiger partial charge is 0.223 e. The number of rotatable bonds is 7. The molecule has 1 aromatic heterocycles. The number of hydrogen-bond acceptors (Lipinski definition) is 3. The van der Waals surface area contributed by atoms with Crippen LogP contribution in [0.2, 0.25) is 0 Å². The van der Waals surface area contributed by atoms with E-state index in [1.165, 1.54) is 0 Å². The number of aryl methyl sites for hydroxylation is 1. The van der Waals surface area contributed by atoms with Gasteiger partial charge in [-0.15, -0.1) is 0 Å². The molecule has 1 N–H and O–H groups in total. The van der Waals surface area contributed by atoms with Gasteiger partial charge in [-0.3, -0.25) is 9.59 Å². The lowest BCUT2D eigenvalue weighted by Crippen LogP contribution is -2.26. The molecule has 1 amide bonds. The van der Waals surface area contributed by atoms with E-state index >= 15 is 0 Å². The van der Waals surface area contributed by atoms with Gasteiger partial charge < -0.3 is 9.88 Å². The molecule has 1 atom stereocenters. The van der Waals surface area contributed by atoms with Crippen LogP contribution in [-0.4, -0.2) is 27.8 Å². The molecule has 5 nitrogen and oxygen atoms in total. The lowest BCUT2D eigenvalue weighted by atomic mass is 10.2. The normalized spacial score (nSPS) is 15.6. The third-order valence-corrected chi connectivity index (χ3v) is 4.47. The number of hydrogen-bond donors (Lipinski definition) is 1. The maximum Gasteiger partial charge on any atom is 0.223 e. The summed E-state index contributed by atoms with van der Waals surface area (Å²) in [5, 5.41) is 2.98. The van der Waals surface area contributed by atoms with Crippen molar-refractivity contribution in [1.29, 1.82) is 0 Å². The number of para-hydroxylation sites is 2. The molecule has 1 unspecified atom stereocenters. The van der Waals surface area contributed by atoms with Gasteiger partial charge >= 0.3 is 0 Å². The monoisotopic (exact) mass is 313 g/mol. The minimum Gasteiger partial charge on any atom is -0.356 e. The zero-order valence-corrected chi connectivity index (χ0v) is 13.7. The van der Waals surface area contributed by atoms with Crippen LogP contribution in [0, 0.1) is 5.92 Å². The number of benzene rings is 1. The number of amides is 1. The van der Waals surface area contributed by atoms with E-state index in [0.29, 0.717) is 6.54 Å². The van der Waals surface area contributed by atoms with Gasteiger partial charge in [0.25, 0.3) is 0 Å². The summed E-state index contributed by atoms with van der Waals surface area (Å²) < 4.78 is 2.03. The number of fused-ring (bicyclic) bond motifs is 1. The molecule has 3 rings (SSSR count). The lowest BCUT2D eigenvalue weighted by Gasteiger charge is -2.15. The highest BCUT2D eigenvalue weighted by Crippen LogP contribution is 2.28. The van der Waals surface area contributed by atoms with E-state index in [2.05, 4.69) is 10.3 Å². The van der Waals surface area contributed by atoms with Gasteiger partial charge in [0.2, 0.25) is 5.91 Å². The van der Waals surface area contributed by atoms with Crippen LogP contribution in [0.5, 0.6) is 0 Å². The van der Waals surface area contributed by atoms with E-state index in [1.54, 1.807) is 6.92 Å². The summed E-state index contributed by atoms with van der Waals surface area (Å²) in [7, 11) is 0. The fraction of sp³-hybridized carbons (Fsp3) is 0.500. The number of Topliss-reactive ketones (excluding diaryl/α,β-unsaturated/α-hetero) is 1. The predicted molar refractivity (Wildman–Crippen MR) is 89.2 cm³/mol. The zero-order valence-electron chi connectivity index (χ0n) is 13.7. The molecule has 0 radical (unpaired) electrons. The Labute approximate surface area is 136 Å². The number of aromatic nitrogens is 2. The minimum absolute atomic E-state index is 0.122. The average molecular weight is 313 g/mol. The number of imidazole rings is 1. The van der Waals surface area contributed by atoms with Crippen LogP contribution in [0.1, 0.15) is 45.0 Å². The second-order valence-electron chi connectivity index (χ2n) is 6.34. The van der Waals surface area contributed by atoms with Crippen LogP contribution in [-0.2, 0) is 16.0 Å². The molecule has 2 aromatic rings. The van der Waals surface area contributed by atoms with Gasteiger partial charge in [0.1, 0.15) is 5.82 Å². The Morgan fingerprint density at radius 1 is 1.35 bits per heavy atom. The predicted octanol–water partition coefficient (Wildman–Crippen LogP) is 2.65. The Hall–Kier alpha value is -2.17. The molecule has 5 heteroatoms. The fourth-order valence-electron chi connectivity index (χ4n) is 2.83. The Balaban J connectivity index is 1.72.